The Morgan fingerprint density at radius 2 is 2.47 bits per heavy atom. The number of carbonyl (C=O) groups is 1. The lowest BCUT2D eigenvalue weighted by molar-refractivity contribution is -0.121. The van der Waals surface area contributed by atoms with Crippen LogP contribution in [-0.4, -0.2) is 28.6 Å². The van der Waals surface area contributed by atoms with E-state index in [4.69, 9.17) is 10.3 Å². The molecule has 2 rings (SSSR count). The number of nitrogens with one attached hydrogen (secondary N) is 1. The van der Waals surface area contributed by atoms with Crippen molar-refractivity contribution >= 4 is 17.2 Å². The van der Waals surface area contributed by atoms with Crippen molar-refractivity contribution in [2.24, 2.45) is 5.73 Å². The molecule has 7 heteroatoms. The van der Waals surface area contributed by atoms with Gasteiger partial charge in [0.2, 0.25) is 17.6 Å². The molecule has 0 aliphatic heterocycles. The van der Waals surface area contributed by atoms with Crippen LogP contribution in [0.3, 0.4) is 0 Å². The zero-order valence-electron chi connectivity index (χ0n) is 10.6. The maximum absolute atomic E-state index is 11.6. The van der Waals surface area contributed by atoms with Crippen LogP contribution in [0.2, 0.25) is 0 Å². The van der Waals surface area contributed by atoms with Gasteiger partial charge in [0.25, 0.3) is 0 Å². The van der Waals surface area contributed by atoms with E-state index in [9.17, 15) is 4.79 Å². The van der Waals surface area contributed by atoms with Crippen molar-refractivity contribution in [1.29, 1.82) is 0 Å². The molecule has 0 saturated carbocycles. The minimum atomic E-state index is -0.0613. The van der Waals surface area contributed by atoms with Gasteiger partial charge in [0.15, 0.2) is 0 Å². The molecule has 2 aromatic rings. The third-order valence-corrected chi connectivity index (χ3v) is 3.40. The zero-order valence-corrected chi connectivity index (χ0v) is 11.4. The molecule has 0 bridgehead atoms. The first kappa shape index (κ1) is 13.7. The van der Waals surface area contributed by atoms with E-state index in [1.165, 1.54) is 0 Å². The summed E-state index contributed by atoms with van der Waals surface area (Å²) in [4.78, 5) is 16.8. The average Bonchev–Trinajstić information content (AvgIpc) is 3.06. The van der Waals surface area contributed by atoms with Crippen molar-refractivity contribution < 1.29 is 9.32 Å². The van der Waals surface area contributed by atoms with Gasteiger partial charge in [-0.3, -0.25) is 4.79 Å². The summed E-state index contributed by atoms with van der Waals surface area (Å²) in [7, 11) is 0. The van der Waals surface area contributed by atoms with Gasteiger partial charge in [-0.2, -0.15) is 4.98 Å². The van der Waals surface area contributed by atoms with E-state index < -0.39 is 0 Å². The van der Waals surface area contributed by atoms with Gasteiger partial charge in [-0.1, -0.05) is 11.2 Å². The first-order chi connectivity index (χ1) is 9.19. The molecule has 0 fully saturated rings. The highest BCUT2D eigenvalue weighted by Crippen LogP contribution is 2.21. The number of nitrogens with zero attached hydrogens (tertiary/aromatic N) is 2. The van der Waals surface area contributed by atoms with Crippen molar-refractivity contribution in [3.05, 3.63) is 23.4 Å². The van der Waals surface area contributed by atoms with Gasteiger partial charge in [0, 0.05) is 25.4 Å². The Balaban J connectivity index is 1.85. The molecule has 1 atom stereocenters. The van der Waals surface area contributed by atoms with E-state index in [0.29, 0.717) is 31.1 Å². The van der Waals surface area contributed by atoms with Crippen molar-refractivity contribution in [2.75, 3.05) is 6.54 Å². The molecule has 0 radical (unpaired) electrons. The standard InChI is InChI=1S/C12H16N4O2S/c1-8(7-13)14-10(17)4-5-11-15-12(16-18-11)9-3-2-6-19-9/h2-3,6,8H,4-5,7,13H2,1H3,(H,14,17)/t8-/m0/s1. The number of aryl methyl sites for hydroxylation is 1. The van der Waals surface area contributed by atoms with Gasteiger partial charge in [-0.05, 0) is 18.4 Å². The largest absolute Gasteiger partial charge is 0.352 e. The van der Waals surface area contributed by atoms with E-state index >= 15 is 0 Å². The lowest BCUT2D eigenvalue weighted by Gasteiger charge is -2.09. The van der Waals surface area contributed by atoms with Crippen LogP contribution in [0, 0.1) is 0 Å². The molecule has 2 heterocycles. The molecule has 0 aliphatic carbocycles. The summed E-state index contributed by atoms with van der Waals surface area (Å²) in [5, 5.41) is 8.62. The molecule has 1 amide bonds. The highest BCUT2D eigenvalue weighted by molar-refractivity contribution is 7.13. The number of nitrogens with two attached hydrogens (primary N) is 1. The molecular weight excluding hydrogens is 264 g/mol. The van der Waals surface area contributed by atoms with Crippen molar-refractivity contribution in [3.63, 3.8) is 0 Å². The van der Waals surface area contributed by atoms with Crippen LogP contribution in [0.1, 0.15) is 19.2 Å². The molecular formula is C12H16N4O2S. The van der Waals surface area contributed by atoms with Crippen LogP contribution in [0.15, 0.2) is 22.0 Å². The van der Waals surface area contributed by atoms with E-state index in [1.54, 1.807) is 11.3 Å². The Bertz CT molecular complexity index is 524. The normalized spacial score (nSPS) is 12.3. The maximum atomic E-state index is 11.6. The van der Waals surface area contributed by atoms with Crippen LogP contribution in [0.5, 0.6) is 0 Å². The first-order valence-corrected chi connectivity index (χ1v) is 6.93. The smallest absolute Gasteiger partial charge is 0.227 e. The second kappa shape index (κ2) is 6.44. The molecule has 19 heavy (non-hydrogen) atoms. The molecule has 102 valence electrons. The summed E-state index contributed by atoms with van der Waals surface area (Å²) in [6, 6.07) is 3.84. The number of aromatic nitrogens is 2. The van der Waals surface area contributed by atoms with E-state index in [1.807, 2.05) is 24.4 Å². The third kappa shape index (κ3) is 3.87. The van der Waals surface area contributed by atoms with Crippen LogP contribution < -0.4 is 11.1 Å². The molecule has 3 N–H and O–H groups in total. The highest BCUT2D eigenvalue weighted by atomic mass is 32.1. The van der Waals surface area contributed by atoms with Crippen LogP contribution in [0.4, 0.5) is 0 Å². The number of hydrogen-bond acceptors (Lipinski definition) is 6. The maximum Gasteiger partial charge on any atom is 0.227 e. The number of amides is 1. The van der Waals surface area contributed by atoms with Crippen LogP contribution in [-0.2, 0) is 11.2 Å². The molecule has 0 unspecified atom stereocenters. The number of thiophene rings is 1. The molecule has 0 saturated heterocycles. The molecule has 6 nitrogen and oxygen atoms in total. The molecule has 2 aromatic heterocycles. The monoisotopic (exact) mass is 280 g/mol. The van der Waals surface area contributed by atoms with Gasteiger partial charge < -0.3 is 15.6 Å². The van der Waals surface area contributed by atoms with Crippen LogP contribution >= 0.6 is 11.3 Å². The minimum absolute atomic E-state index is 0.0168. The summed E-state index contributed by atoms with van der Waals surface area (Å²) < 4.78 is 5.11. The number of carbonyl (C=O) groups excluding carboxylic acids is 1. The predicted octanol–water partition coefficient (Wildman–Crippen LogP) is 1.19. The SMILES string of the molecule is C[C@@H](CN)NC(=O)CCc1nc(-c2cccs2)no1. The van der Waals surface area contributed by atoms with Gasteiger partial charge in [-0.15, -0.1) is 11.3 Å². The average molecular weight is 280 g/mol. The summed E-state index contributed by atoms with van der Waals surface area (Å²) in [5.74, 6) is 0.980. The molecule has 0 spiro atoms. The first-order valence-electron chi connectivity index (χ1n) is 6.05. The van der Waals surface area contributed by atoms with Crippen molar-refractivity contribution in [2.45, 2.75) is 25.8 Å². The summed E-state index contributed by atoms with van der Waals surface area (Å²) in [6.45, 7) is 2.29. The van der Waals surface area contributed by atoms with Crippen molar-refractivity contribution in [3.8, 4) is 10.7 Å². The second-order valence-electron chi connectivity index (χ2n) is 4.19. The fraction of sp³-hybridized carbons (Fsp3) is 0.417. The summed E-state index contributed by atoms with van der Waals surface area (Å²) in [6.07, 6.45) is 0.748. The highest BCUT2D eigenvalue weighted by Gasteiger charge is 2.12. The molecule has 0 aliphatic rings. The Kier molecular flexibility index (Phi) is 4.64. The second-order valence-corrected chi connectivity index (χ2v) is 5.14. The molecule has 0 aromatic carbocycles. The summed E-state index contributed by atoms with van der Waals surface area (Å²) >= 11 is 1.55. The fourth-order valence-electron chi connectivity index (χ4n) is 1.49. The number of hydrogen-bond donors (Lipinski definition) is 2. The predicted molar refractivity (Wildman–Crippen MR) is 72.6 cm³/mol. The fourth-order valence-corrected chi connectivity index (χ4v) is 2.14. The van der Waals surface area contributed by atoms with Gasteiger partial charge >= 0.3 is 0 Å². The van der Waals surface area contributed by atoms with E-state index in [-0.39, 0.29) is 11.9 Å². The Labute approximate surface area is 115 Å². The Morgan fingerprint density at radius 1 is 1.63 bits per heavy atom. The zero-order chi connectivity index (χ0) is 13.7. The van der Waals surface area contributed by atoms with Crippen LogP contribution in [0.25, 0.3) is 10.7 Å². The van der Waals surface area contributed by atoms with Gasteiger partial charge in [0.1, 0.15) is 0 Å². The van der Waals surface area contributed by atoms with E-state index in [0.717, 1.165) is 4.88 Å². The van der Waals surface area contributed by atoms with Crippen molar-refractivity contribution in [1.82, 2.24) is 15.5 Å². The lowest BCUT2D eigenvalue weighted by Crippen LogP contribution is -2.37. The summed E-state index contributed by atoms with van der Waals surface area (Å²) in [5.41, 5.74) is 5.43. The van der Waals surface area contributed by atoms with Gasteiger partial charge in [0.05, 0.1) is 4.88 Å². The minimum Gasteiger partial charge on any atom is -0.352 e. The van der Waals surface area contributed by atoms with Gasteiger partial charge in [-0.25, -0.2) is 0 Å². The topological polar surface area (TPSA) is 94.0 Å². The Morgan fingerprint density at radius 3 is 3.16 bits per heavy atom. The quantitative estimate of drug-likeness (QED) is 0.829. The Hall–Kier alpha value is -1.73. The lowest BCUT2D eigenvalue weighted by atomic mass is 10.2. The van der Waals surface area contributed by atoms with E-state index in [2.05, 4.69) is 15.5 Å². The number of rotatable bonds is 6. The third-order valence-electron chi connectivity index (χ3n) is 2.54.